The van der Waals surface area contributed by atoms with Crippen LogP contribution in [0.25, 0.3) is 0 Å². The number of piperazine rings is 1. The minimum absolute atomic E-state index is 0.0622. The Hall–Kier alpha value is -2.19. The average molecular weight is 445 g/mol. The summed E-state index contributed by atoms with van der Waals surface area (Å²) in [7, 11) is 0. The van der Waals surface area contributed by atoms with Gasteiger partial charge in [-0.25, -0.2) is 4.39 Å². The molecule has 0 radical (unpaired) electrons. The molecular weight excluding hydrogens is 411 g/mol. The maximum absolute atomic E-state index is 14.2. The maximum atomic E-state index is 14.2. The standard InChI is InChI=1S/C24H33FN4O3/c1-15-5-6-20(25)19-12-21(27-23(15)19)24(31)26-16-3-2-4-17(11-16)28-8-9-29(22(30)13-28)18-7-10-32-14-18/h5-6,16-18,21,27H,2-4,7-14H2,1H3,(H,26,31)/t16-,17+,18?,21?/m1/s1. The van der Waals surface area contributed by atoms with Crippen molar-refractivity contribution >= 4 is 17.5 Å². The molecule has 8 heteroatoms. The highest BCUT2D eigenvalue weighted by molar-refractivity contribution is 5.88. The Morgan fingerprint density at radius 1 is 1.22 bits per heavy atom. The first-order valence-corrected chi connectivity index (χ1v) is 12.0. The minimum Gasteiger partial charge on any atom is -0.379 e. The van der Waals surface area contributed by atoms with E-state index in [1.165, 1.54) is 6.07 Å². The highest BCUT2D eigenvalue weighted by atomic mass is 19.1. The summed E-state index contributed by atoms with van der Waals surface area (Å²) in [6, 6.07) is 3.43. The van der Waals surface area contributed by atoms with Crippen LogP contribution < -0.4 is 10.6 Å². The number of rotatable bonds is 4. The molecule has 2 N–H and O–H groups in total. The van der Waals surface area contributed by atoms with Crippen LogP contribution in [0.3, 0.4) is 0 Å². The van der Waals surface area contributed by atoms with Crippen LogP contribution in [0.2, 0.25) is 0 Å². The second-order valence-corrected chi connectivity index (χ2v) is 9.72. The van der Waals surface area contributed by atoms with Crippen molar-refractivity contribution in [3.8, 4) is 0 Å². The molecule has 3 heterocycles. The fourth-order valence-electron chi connectivity index (χ4n) is 5.83. The van der Waals surface area contributed by atoms with Gasteiger partial charge in [0.1, 0.15) is 11.9 Å². The predicted molar refractivity (Wildman–Crippen MR) is 119 cm³/mol. The van der Waals surface area contributed by atoms with Gasteiger partial charge in [0.2, 0.25) is 11.8 Å². The quantitative estimate of drug-likeness (QED) is 0.741. The first-order chi connectivity index (χ1) is 15.5. The first-order valence-electron chi connectivity index (χ1n) is 12.0. The number of hydrogen-bond donors (Lipinski definition) is 2. The number of anilines is 1. The third kappa shape index (κ3) is 4.22. The number of fused-ring (bicyclic) bond motifs is 1. The molecule has 3 fully saturated rings. The number of amides is 2. The molecule has 32 heavy (non-hydrogen) atoms. The van der Waals surface area contributed by atoms with E-state index < -0.39 is 6.04 Å². The highest BCUT2D eigenvalue weighted by Crippen LogP contribution is 2.32. The topological polar surface area (TPSA) is 73.9 Å². The van der Waals surface area contributed by atoms with Crippen molar-refractivity contribution in [3.05, 3.63) is 29.1 Å². The van der Waals surface area contributed by atoms with E-state index in [0.29, 0.717) is 31.2 Å². The minimum atomic E-state index is -0.431. The Bertz CT molecular complexity index is 857. The molecule has 2 amide bonds. The number of nitrogens with one attached hydrogen (secondary N) is 2. The van der Waals surface area contributed by atoms with Gasteiger partial charge in [0.05, 0.1) is 19.2 Å². The number of carbonyl (C=O) groups is 2. The summed E-state index contributed by atoms with van der Waals surface area (Å²) in [5.74, 6) is -0.116. The van der Waals surface area contributed by atoms with E-state index >= 15 is 0 Å². The van der Waals surface area contributed by atoms with Gasteiger partial charge in [-0.3, -0.25) is 14.5 Å². The molecule has 7 nitrogen and oxygen atoms in total. The monoisotopic (exact) mass is 444 g/mol. The fraction of sp³-hybridized carbons (Fsp3) is 0.667. The molecule has 2 unspecified atom stereocenters. The maximum Gasteiger partial charge on any atom is 0.243 e. The zero-order valence-corrected chi connectivity index (χ0v) is 18.7. The average Bonchev–Trinajstić information content (AvgIpc) is 3.47. The van der Waals surface area contributed by atoms with Gasteiger partial charge in [0, 0.05) is 49.5 Å². The number of ether oxygens (including phenoxy) is 1. The molecule has 0 bridgehead atoms. The molecule has 4 aliphatic rings. The zero-order chi connectivity index (χ0) is 22.2. The number of carbonyl (C=O) groups excluding carboxylic acids is 2. The molecule has 2 saturated heterocycles. The normalized spacial score (nSPS) is 30.8. The number of nitrogens with zero attached hydrogens (tertiary/aromatic N) is 2. The molecule has 1 aromatic carbocycles. The van der Waals surface area contributed by atoms with Crippen molar-refractivity contribution < 1.29 is 18.7 Å². The van der Waals surface area contributed by atoms with E-state index in [4.69, 9.17) is 4.74 Å². The predicted octanol–water partition coefficient (Wildman–Crippen LogP) is 1.83. The van der Waals surface area contributed by atoms with Gasteiger partial charge in [0.25, 0.3) is 0 Å². The second kappa shape index (κ2) is 8.98. The van der Waals surface area contributed by atoms with Gasteiger partial charge in [0.15, 0.2) is 0 Å². The Kier molecular flexibility index (Phi) is 6.07. The lowest BCUT2D eigenvalue weighted by atomic mass is 9.89. The zero-order valence-electron chi connectivity index (χ0n) is 18.7. The molecule has 0 aromatic heterocycles. The van der Waals surface area contributed by atoms with Crippen LogP contribution in [0.5, 0.6) is 0 Å². The Morgan fingerprint density at radius 2 is 2.09 bits per heavy atom. The van der Waals surface area contributed by atoms with Crippen molar-refractivity contribution in [2.45, 2.75) is 69.6 Å². The molecule has 1 saturated carbocycles. The molecule has 3 aliphatic heterocycles. The summed E-state index contributed by atoms with van der Waals surface area (Å²) in [6.07, 6.45) is 5.22. The van der Waals surface area contributed by atoms with E-state index in [0.717, 1.165) is 63.1 Å². The summed E-state index contributed by atoms with van der Waals surface area (Å²) in [4.78, 5) is 30.0. The van der Waals surface area contributed by atoms with Crippen LogP contribution >= 0.6 is 0 Å². The Labute approximate surface area is 188 Å². The summed E-state index contributed by atoms with van der Waals surface area (Å²) >= 11 is 0. The van der Waals surface area contributed by atoms with E-state index in [-0.39, 0.29) is 29.7 Å². The largest absolute Gasteiger partial charge is 0.379 e. The molecule has 0 spiro atoms. The van der Waals surface area contributed by atoms with Crippen molar-refractivity contribution in [3.63, 3.8) is 0 Å². The van der Waals surface area contributed by atoms with E-state index in [1.54, 1.807) is 6.07 Å². The molecule has 5 rings (SSSR count). The van der Waals surface area contributed by atoms with Crippen LogP contribution in [-0.2, 0) is 20.7 Å². The van der Waals surface area contributed by atoms with Crippen molar-refractivity contribution in [1.29, 1.82) is 0 Å². The van der Waals surface area contributed by atoms with E-state index in [1.807, 2.05) is 11.8 Å². The van der Waals surface area contributed by atoms with E-state index in [2.05, 4.69) is 15.5 Å². The van der Waals surface area contributed by atoms with Crippen LogP contribution in [0.15, 0.2) is 12.1 Å². The highest BCUT2D eigenvalue weighted by Gasteiger charge is 2.37. The molecule has 4 atom stereocenters. The van der Waals surface area contributed by atoms with Crippen LogP contribution in [0, 0.1) is 12.7 Å². The van der Waals surface area contributed by atoms with Crippen molar-refractivity contribution in [1.82, 2.24) is 15.1 Å². The van der Waals surface area contributed by atoms with Gasteiger partial charge < -0.3 is 20.3 Å². The summed E-state index contributed by atoms with van der Waals surface area (Å²) in [5.41, 5.74) is 2.33. The lowest BCUT2D eigenvalue weighted by Gasteiger charge is -2.43. The van der Waals surface area contributed by atoms with Crippen LogP contribution in [0.4, 0.5) is 10.1 Å². The lowest BCUT2D eigenvalue weighted by Crippen LogP contribution is -2.58. The van der Waals surface area contributed by atoms with Crippen LogP contribution in [0.1, 0.15) is 43.2 Å². The number of benzene rings is 1. The van der Waals surface area contributed by atoms with E-state index in [9.17, 15) is 14.0 Å². The molecule has 174 valence electrons. The summed E-state index contributed by atoms with van der Waals surface area (Å²) in [5, 5.41) is 6.43. The van der Waals surface area contributed by atoms with Gasteiger partial charge in [-0.1, -0.05) is 6.07 Å². The summed E-state index contributed by atoms with van der Waals surface area (Å²) in [6.45, 7) is 5.43. The smallest absolute Gasteiger partial charge is 0.243 e. The molecule has 1 aliphatic carbocycles. The number of hydrogen-bond acceptors (Lipinski definition) is 5. The van der Waals surface area contributed by atoms with Gasteiger partial charge in [-0.05, 0) is 50.7 Å². The van der Waals surface area contributed by atoms with Crippen molar-refractivity contribution in [2.75, 3.05) is 38.2 Å². The SMILES string of the molecule is Cc1ccc(F)c2c1NC(C(=O)N[C@@H]1CCC[C@H](N3CCN(C4CCOC4)C(=O)C3)C1)C2. The fourth-order valence-corrected chi connectivity index (χ4v) is 5.83. The Balaban J connectivity index is 1.15. The first kappa shape index (κ1) is 21.6. The number of halogens is 1. The Morgan fingerprint density at radius 3 is 2.84 bits per heavy atom. The lowest BCUT2D eigenvalue weighted by molar-refractivity contribution is -0.140. The van der Waals surface area contributed by atoms with Gasteiger partial charge in [-0.15, -0.1) is 0 Å². The summed E-state index contributed by atoms with van der Waals surface area (Å²) < 4.78 is 19.6. The van der Waals surface area contributed by atoms with Crippen molar-refractivity contribution in [2.24, 2.45) is 0 Å². The molecule has 1 aromatic rings. The number of aryl methyl sites for hydroxylation is 1. The molecular formula is C24H33FN4O3. The third-order valence-electron chi connectivity index (χ3n) is 7.65. The third-order valence-corrected chi connectivity index (χ3v) is 7.65. The van der Waals surface area contributed by atoms with Crippen LogP contribution in [-0.4, -0.2) is 78.6 Å². The van der Waals surface area contributed by atoms with Gasteiger partial charge >= 0.3 is 0 Å². The second-order valence-electron chi connectivity index (χ2n) is 9.72. The van der Waals surface area contributed by atoms with Gasteiger partial charge in [-0.2, -0.15) is 0 Å².